The van der Waals surface area contributed by atoms with Crippen LogP contribution in [0.5, 0.6) is 0 Å². The summed E-state index contributed by atoms with van der Waals surface area (Å²) in [7, 11) is 1.16. The molecule has 0 aromatic carbocycles. The highest BCUT2D eigenvalue weighted by Gasteiger charge is 2.27. The normalized spacial score (nSPS) is 14.4. The number of nitrogens with zero attached hydrogens (tertiary/aromatic N) is 1. The minimum absolute atomic E-state index is 0.0309. The van der Waals surface area contributed by atoms with Crippen molar-refractivity contribution in [3.05, 3.63) is 85.1 Å². The maximum Gasteiger partial charge on any atom is 0.306 e. The number of ether oxygens (including phenoxy) is 1. The second-order valence-corrected chi connectivity index (χ2v) is 22.2. The maximum absolute atomic E-state index is 13.5. The summed E-state index contributed by atoms with van der Waals surface area (Å²) in [4.78, 5) is 39.9. The van der Waals surface area contributed by atoms with Crippen molar-refractivity contribution in [3.63, 3.8) is 0 Å². The van der Waals surface area contributed by atoms with Crippen LogP contribution in [0.2, 0.25) is 0 Å². The Morgan fingerprint density at radius 2 is 0.889 bits per heavy atom. The van der Waals surface area contributed by atoms with Gasteiger partial charge in [-0.1, -0.05) is 215 Å². The van der Waals surface area contributed by atoms with Gasteiger partial charge in [-0.15, -0.1) is 0 Å². The lowest BCUT2D eigenvalue weighted by Gasteiger charge is -2.30. The van der Waals surface area contributed by atoms with Crippen LogP contribution in [0.3, 0.4) is 0 Å². The molecule has 0 heterocycles. The molecule has 0 aromatic heterocycles. The fourth-order valence-corrected chi connectivity index (χ4v) is 8.74. The zero-order valence-corrected chi connectivity index (χ0v) is 48.3. The SMILES string of the molecule is CC/C=C/C/C=C/CCCCCCCCCC(=O)NC(COP(=O)([O-])OCC[N+](C)(C)C)C(/C=C\CCCCCCCCCCC)OC(=O)CCCCCCC/C=C\C/C=C\C/C=C\C/C=C\CCCCC. The molecule has 3 atom stereocenters. The van der Waals surface area contributed by atoms with E-state index in [0.29, 0.717) is 23.9 Å². The summed E-state index contributed by atoms with van der Waals surface area (Å²) in [6, 6.07) is -0.903. The van der Waals surface area contributed by atoms with Crippen LogP contribution in [0.15, 0.2) is 85.1 Å². The lowest BCUT2D eigenvalue weighted by molar-refractivity contribution is -0.870. The van der Waals surface area contributed by atoms with Crippen molar-refractivity contribution >= 4 is 19.7 Å². The van der Waals surface area contributed by atoms with Gasteiger partial charge >= 0.3 is 5.97 Å². The third-order valence-electron chi connectivity index (χ3n) is 12.6. The van der Waals surface area contributed by atoms with E-state index >= 15 is 0 Å². The third kappa shape index (κ3) is 52.1. The van der Waals surface area contributed by atoms with Crippen LogP contribution in [0.25, 0.3) is 0 Å². The number of rotatable bonds is 52. The number of amides is 1. The maximum atomic E-state index is 13.5. The van der Waals surface area contributed by atoms with E-state index in [1.54, 1.807) is 0 Å². The minimum atomic E-state index is -4.70. The van der Waals surface area contributed by atoms with Gasteiger partial charge in [0.15, 0.2) is 0 Å². The molecule has 0 saturated carbocycles. The summed E-state index contributed by atoms with van der Waals surface area (Å²) in [5, 5.41) is 3.01. The van der Waals surface area contributed by atoms with E-state index in [0.717, 1.165) is 116 Å². The summed E-state index contributed by atoms with van der Waals surface area (Å²) in [5.41, 5.74) is 0. The van der Waals surface area contributed by atoms with E-state index < -0.39 is 26.6 Å². The first-order valence-corrected chi connectivity index (χ1v) is 30.9. The molecule has 3 unspecified atom stereocenters. The third-order valence-corrected chi connectivity index (χ3v) is 13.5. The number of phosphoric acid groups is 1. The summed E-state index contributed by atoms with van der Waals surface area (Å²) in [6.07, 6.45) is 66.9. The molecule has 0 fully saturated rings. The Morgan fingerprint density at radius 1 is 0.500 bits per heavy atom. The lowest BCUT2D eigenvalue weighted by Crippen LogP contribution is -2.47. The highest BCUT2D eigenvalue weighted by atomic mass is 31.2. The molecule has 0 bridgehead atoms. The molecule has 0 spiro atoms. The Morgan fingerprint density at radius 3 is 1.36 bits per heavy atom. The second kappa shape index (κ2) is 51.7. The van der Waals surface area contributed by atoms with Crippen LogP contribution in [0.1, 0.15) is 245 Å². The van der Waals surface area contributed by atoms with E-state index in [1.165, 1.54) is 89.9 Å². The Bertz CT molecular complexity index is 1510. The van der Waals surface area contributed by atoms with Crippen molar-refractivity contribution in [3.8, 4) is 0 Å². The number of carbonyl (C=O) groups excluding carboxylic acids is 2. The lowest BCUT2D eigenvalue weighted by atomic mass is 10.1. The van der Waals surface area contributed by atoms with Crippen LogP contribution in [-0.2, 0) is 27.9 Å². The van der Waals surface area contributed by atoms with Crippen molar-refractivity contribution in [1.82, 2.24) is 5.32 Å². The highest BCUT2D eigenvalue weighted by Crippen LogP contribution is 2.38. The van der Waals surface area contributed by atoms with Crippen LogP contribution < -0.4 is 10.2 Å². The summed E-state index contributed by atoms with van der Waals surface area (Å²) >= 11 is 0. The first kappa shape index (κ1) is 69.2. The number of likely N-dealkylation sites (N-methyl/N-ethyl adjacent to an activating group) is 1. The Kier molecular flexibility index (Phi) is 49.6. The number of hydrogen-bond donors (Lipinski definition) is 1. The Balaban J connectivity index is 5.30. The number of allylic oxidation sites excluding steroid dienone is 13. The molecule has 10 heteroatoms. The number of quaternary nitrogens is 1. The van der Waals surface area contributed by atoms with Gasteiger partial charge < -0.3 is 28.5 Å². The van der Waals surface area contributed by atoms with Crippen molar-refractivity contribution in [2.45, 2.75) is 258 Å². The quantitative estimate of drug-likeness (QED) is 0.0212. The topological polar surface area (TPSA) is 114 Å². The number of hydrogen-bond acceptors (Lipinski definition) is 7. The molecule has 1 N–H and O–H groups in total. The summed E-state index contributed by atoms with van der Waals surface area (Å²) in [5.74, 6) is -0.576. The smallest absolute Gasteiger partial charge is 0.306 e. The van der Waals surface area contributed by atoms with Gasteiger partial charge in [-0.3, -0.25) is 14.2 Å². The molecule has 0 saturated heterocycles. The Labute approximate surface area is 444 Å². The predicted octanol–water partition coefficient (Wildman–Crippen LogP) is 17.2. The molecular formula is C62H111N2O7P. The zero-order chi connectivity index (χ0) is 52.9. The van der Waals surface area contributed by atoms with Crippen molar-refractivity contribution in [1.29, 1.82) is 0 Å². The van der Waals surface area contributed by atoms with Gasteiger partial charge in [-0.05, 0) is 102 Å². The molecule has 0 aliphatic carbocycles. The minimum Gasteiger partial charge on any atom is -0.756 e. The van der Waals surface area contributed by atoms with E-state index in [4.69, 9.17) is 13.8 Å². The van der Waals surface area contributed by atoms with Crippen LogP contribution in [0, 0.1) is 0 Å². The van der Waals surface area contributed by atoms with Gasteiger partial charge in [-0.2, -0.15) is 0 Å². The molecule has 416 valence electrons. The molecule has 0 aliphatic rings. The van der Waals surface area contributed by atoms with Gasteiger partial charge in [0.2, 0.25) is 5.91 Å². The summed E-state index contributed by atoms with van der Waals surface area (Å²) < 4.78 is 30.2. The van der Waals surface area contributed by atoms with Crippen molar-refractivity contribution < 1.29 is 37.3 Å². The van der Waals surface area contributed by atoms with Gasteiger partial charge in [0.1, 0.15) is 19.3 Å². The van der Waals surface area contributed by atoms with Gasteiger partial charge in [0, 0.05) is 12.8 Å². The number of esters is 1. The predicted molar refractivity (Wildman–Crippen MR) is 307 cm³/mol. The van der Waals surface area contributed by atoms with E-state index in [1.807, 2.05) is 33.3 Å². The standard InChI is InChI=1S/C62H111N2O7P/c1-7-10-13-16-19-22-25-27-29-30-31-32-33-34-35-37-40-43-46-49-52-55-62(66)71-60(53-50-47-44-41-38-24-21-18-15-12-9-3)59(58-70-72(67,68)69-57-56-64(4,5)6)63-61(65)54-51-48-45-42-39-36-28-26-23-20-17-14-11-8-2/h11,14,19-20,22-23,27,29,31-32,34-35,50,53,59-60H,7-10,12-13,15-18,21,24-26,28,30,33,36-49,51-52,54-58H2,1-6H3,(H-,63,65,67,68)/b14-11+,22-19-,23-20+,29-27-,32-31-,35-34-,53-50-. The van der Waals surface area contributed by atoms with Gasteiger partial charge in [0.25, 0.3) is 7.82 Å². The first-order valence-electron chi connectivity index (χ1n) is 29.4. The molecule has 0 rings (SSSR count). The molecule has 72 heavy (non-hydrogen) atoms. The van der Waals surface area contributed by atoms with Crippen LogP contribution in [-0.4, -0.2) is 69.4 Å². The molecule has 9 nitrogen and oxygen atoms in total. The second-order valence-electron chi connectivity index (χ2n) is 20.8. The number of nitrogens with one attached hydrogen (secondary N) is 1. The molecule has 0 aromatic rings. The van der Waals surface area contributed by atoms with E-state index in [2.05, 4.69) is 99.0 Å². The molecule has 1 amide bonds. The van der Waals surface area contributed by atoms with Crippen LogP contribution in [0.4, 0.5) is 0 Å². The first-order chi connectivity index (χ1) is 34.9. The number of phosphoric ester groups is 1. The van der Waals surface area contributed by atoms with Gasteiger partial charge in [-0.25, -0.2) is 0 Å². The number of unbranched alkanes of at least 4 members (excludes halogenated alkanes) is 24. The van der Waals surface area contributed by atoms with Crippen LogP contribution >= 0.6 is 7.82 Å². The van der Waals surface area contributed by atoms with Crippen molar-refractivity contribution in [2.24, 2.45) is 0 Å². The molecule has 0 aliphatic heterocycles. The number of carbonyl (C=O) groups is 2. The Hall–Kier alpha value is -2.81. The van der Waals surface area contributed by atoms with E-state index in [-0.39, 0.29) is 24.9 Å². The summed E-state index contributed by atoms with van der Waals surface area (Å²) in [6.45, 7) is 6.67. The average Bonchev–Trinajstić information content (AvgIpc) is 3.34. The average molecular weight is 1030 g/mol. The van der Waals surface area contributed by atoms with E-state index in [9.17, 15) is 19.0 Å². The fourth-order valence-electron chi connectivity index (χ4n) is 8.01. The monoisotopic (exact) mass is 1030 g/mol. The van der Waals surface area contributed by atoms with Crippen molar-refractivity contribution in [2.75, 3.05) is 40.9 Å². The van der Waals surface area contributed by atoms with Gasteiger partial charge in [0.05, 0.1) is 33.8 Å². The highest BCUT2D eigenvalue weighted by molar-refractivity contribution is 7.45. The zero-order valence-electron chi connectivity index (χ0n) is 47.4. The largest absolute Gasteiger partial charge is 0.756 e. The fraction of sp³-hybridized carbons (Fsp3) is 0.742. The molecular weight excluding hydrogens is 916 g/mol. The molecule has 0 radical (unpaired) electrons.